The van der Waals surface area contributed by atoms with Gasteiger partial charge in [-0.15, -0.1) is 0 Å². The Balaban J connectivity index is 2.20. The zero-order valence-electron chi connectivity index (χ0n) is 7.19. The molecule has 0 amide bonds. The number of rotatable bonds is 3. The highest BCUT2D eigenvalue weighted by Crippen LogP contribution is 2.34. The lowest BCUT2D eigenvalue weighted by molar-refractivity contribution is 0.00657. The third kappa shape index (κ3) is 3.03. The van der Waals surface area contributed by atoms with Gasteiger partial charge in [-0.2, -0.15) is 0 Å². The van der Waals surface area contributed by atoms with E-state index in [1.54, 1.807) is 6.92 Å². The van der Waals surface area contributed by atoms with Crippen molar-refractivity contribution in [2.24, 2.45) is 0 Å². The first-order valence-corrected chi connectivity index (χ1v) is 4.29. The van der Waals surface area contributed by atoms with Crippen molar-refractivity contribution in [1.29, 1.82) is 0 Å². The van der Waals surface area contributed by atoms with Crippen molar-refractivity contribution >= 4 is 0 Å². The first kappa shape index (κ1) is 9.86. The van der Waals surface area contributed by atoms with Crippen LogP contribution >= 0.6 is 0 Å². The lowest BCUT2D eigenvalue weighted by atomic mass is 10.2. The van der Waals surface area contributed by atoms with Crippen molar-refractivity contribution in [3.05, 3.63) is 0 Å². The molecule has 0 aromatic rings. The zero-order valence-corrected chi connectivity index (χ0v) is 7.19. The van der Waals surface area contributed by atoms with Gasteiger partial charge in [-0.25, -0.2) is 8.78 Å². The summed E-state index contributed by atoms with van der Waals surface area (Å²) in [4.78, 5) is 0. The van der Waals surface area contributed by atoms with Crippen LogP contribution in [0.2, 0.25) is 0 Å². The quantitative estimate of drug-likeness (QED) is 0.681. The number of hydrogen-bond acceptors (Lipinski definition) is 2. The van der Waals surface area contributed by atoms with Gasteiger partial charge in [0, 0.05) is 25.4 Å². The Morgan fingerprint density at radius 1 is 1.67 bits per heavy atom. The molecule has 1 rings (SSSR count). The molecule has 1 aliphatic rings. The highest BCUT2D eigenvalue weighted by molar-refractivity contribution is 4.85. The van der Waals surface area contributed by atoms with E-state index >= 15 is 0 Å². The van der Waals surface area contributed by atoms with Gasteiger partial charge in [-0.1, -0.05) is 0 Å². The Labute approximate surface area is 71.0 Å². The molecule has 0 aromatic heterocycles. The van der Waals surface area contributed by atoms with Gasteiger partial charge in [-0.05, 0) is 13.3 Å². The Bertz CT molecular complexity index is 150. The lowest BCUT2D eigenvalue weighted by Gasteiger charge is -2.13. The molecule has 12 heavy (non-hydrogen) atoms. The van der Waals surface area contributed by atoms with Gasteiger partial charge in [0.05, 0.1) is 6.10 Å². The van der Waals surface area contributed by atoms with E-state index in [1.807, 2.05) is 0 Å². The van der Waals surface area contributed by atoms with Crippen LogP contribution in [0.5, 0.6) is 0 Å². The molecule has 0 bridgehead atoms. The van der Waals surface area contributed by atoms with Gasteiger partial charge in [-0.3, -0.25) is 0 Å². The monoisotopic (exact) mass is 179 g/mol. The zero-order chi connectivity index (χ0) is 9.19. The fraction of sp³-hybridized carbons (Fsp3) is 1.00. The fourth-order valence-corrected chi connectivity index (χ4v) is 1.46. The molecule has 0 heterocycles. The topological polar surface area (TPSA) is 32.3 Å². The molecule has 1 saturated carbocycles. The van der Waals surface area contributed by atoms with E-state index in [1.165, 1.54) is 0 Å². The number of aliphatic hydroxyl groups excluding tert-OH is 1. The molecule has 0 spiro atoms. The Morgan fingerprint density at radius 2 is 2.33 bits per heavy atom. The van der Waals surface area contributed by atoms with E-state index in [2.05, 4.69) is 5.32 Å². The summed E-state index contributed by atoms with van der Waals surface area (Å²) in [5.74, 6) is -2.49. The van der Waals surface area contributed by atoms with Crippen molar-refractivity contribution < 1.29 is 13.9 Å². The lowest BCUT2D eigenvalue weighted by Crippen LogP contribution is -2.33. The standard InChI is InChI=1S/C8H15F2NO/c1-6(12)5-11-7-2-3-8(9,10)4-7/h6-7,11-12H,2-5H2,1H3/t6-,7?/m0/s1. The Hall–Kier alpha value is -0.220. The van der Waals surface area contributed by atoms with Crippen molar-refractivity contribution in [3.8, 4) is 0 Å². The van der Waals surface area contributed by atoms with Crippen LogP contribution in [-0.4, -0.2) is 29.7 Å². The van der Waals surface area contributed by atoms with Crippen LogP contribution in [0.15, 0.2) is 0 Å². The van der Waals surface area contributed by atoms with Crippen LogP contribution in [0.3, 0.4) is 0 Å². The van der Waals surface area contributed by atoms with E-state index in [-0.39, 0.29) is 18.9 Å². The minimum atomic E-state index is -2.49. The maximum Gasteiger partial charge on any atom is 0.249 e. The summed E-state index contributed by atoms with van der Waals surface area (Å²) < 4.78 is 25.2. The predicted octanol–water partition coefficient (Wildman–Crippen LogP) is 1.14. The third-order valence-electron chi connectivity index (χ3n) is 2.11. The smallest absolute Gasteiger partial charge is 0.249 e. The number of aliphatic hydroxyl groups is 1. The molecule has 1 unspecified atom stereocenters. The van der Waals surface area contributed by atoms with Crippen molar-refractivity contribution in [3.63, 3.8) is 0 Å². The Kier molecular flexibility index (Phi) is 3.01. The highest BCUT2D eigenvalue weighted by Gasteiger charge is 2.38. The predicted molar refractivity (Wildman–Crippen MR) is 42.3 cm³/mol. The van der Waals surface area contributed by atoms with E-state index in [9.17, 15) is 8.78 Å². The second-order valence-electron chi connectivity index (χ2n) is 3.55. The summed E-state index contributed by atoms with van der Waals surface area (Å²) in [6, 6.07) is -0.116. The van der Waals surface area contributed by atoms with Crippen molar-refractivity contribution in [2.75, 3.05) is 6.54 Å². The average Bonchev–Trinajstić information content (AvgIpc) is 2.26. The van der Waals surface area contributed by atoms with Gasteiger partial charge in [0.25, 0.3) is 0 Å². The van der Waals surface area contributed by atoms with E-state index in [0.29, 0.717) is 13.0 Å². The molecule has 2 atom stereocenters. The van der Waals surface area contributed by atoms with Gasteiger partial charge in [0.2, 0.25) is 5.92 Å². The van der Waals surface area contributed by atoms with Crippen LogP contribution < -0.4 is 5.32 Å². The van der Waals surface area contributed by atoms with Gasteiger partial charge in [0.1, 0.15) is 0 Å². The summed E-state index contributed by atoms with van der Waals surface area (Å²) in [6.07, 6.45) is -0.0524. The maximum absolute atomic E-state index is 12.6. The van der Waals surface area contributed by atoms with Crippen LogP contribution in [0.1, 0.15) is 26.2 Å². The number of alkyl halides is 2. The molecule has 1 fully saturated rings. The fourth-order valence-electron chi connectivity index (χ4n) is 1.46. The normalized spacial score (nSPS) is 30.5. The minimum Gasteiger partial charge on any atom is -0.392 e. The summed E-state index contributed by atoms with van der Waals surface area (Å²) in [6.45, 7) is 2.04. The third-order valence-corrected chi connectivity index (χ3v) is 2.11. The molecular weight excluding hydrogens is 164 g/mol. The average molecular weight is 179 g/mol. The van der Waals surface area contributed by atoms with Crippen LogP contribution in [0.25, 0.3) is 0 Å². The molecule has 2 N–H and O–H groups in total. The summed E-state index contributed by atoms with van der Waals surface area (Å²) in [5, 5.41) is 11.8. The van der Waals surface area contributed by atoms with Gasteiger partial charge < -0.3 is 10.4 Å². The van der Waals surface area contributed by atoms with Crippen molar-refractivity contribution in [2.45, 2.75) is 44.3 Å². The summed E-state index contributed by atoms with van der Waals surface area (Å²) >= 11 is 0. The molecular formula is C8H15F2NO. The van der Waals surface area contributed by atoms with E-state index in [0.717, 1.165) is 0 Å². The van der Waals surface area contributed by atoms with Crippen LogP contribution in [-0.2, 0) is 0 Å². The molecule has 4 heteroatoms. The molecule has 0 aliphatic heterocycles. The first-order chi connectivity index (χ1) is 5.49. The van der Waals surface area contributed by atoms with Gasteiger partial charge in [0.15, 0.2) is 0 Å². The molecule has 2 nitrogen and oxygen atoms in total. The summed E-state index contributed by atoms with van der Waals surface area (Å²) in [5.41, 5.74) is 0. The minimum absolute atomic E-state index is 0.0233. The second-order valence-corrected chi connectivity index (χ2v) is 3.55. The first-order valence-electron chi connectivity index (χ1n) is 4.29. The summed E-state index contributed by atoms with van der Waals surface area (Å²) in [7, 11) is 0. The van der Waals surface area contributed by atoms with Gasteiger partial charge >= 0.3 is 0 Å². The second kappa shape index (κ2) is 3.66. The number of hydrogen-bond donors (Lipinski definition) is 2. The van der Waals surface area contributed by atoms with Crippen molar-refractivity contribution in [1.82, 2.24) is 5.32 Å². The van der Waals surface area contributed by atoms with Crippen LogP contribution in [0, 0.1) is 0 Å². The number of nitrogens with one attached hydrogen (secondary N) is 1. The maximum atomic E-state index is 12.6. The Morgan fingerprint density at radius 3 is 2.75 bits per heavy atom. The SMILES string of the molecule is C[C@H](O)CNC1CCC(F)(F)C1. The molecule has 0 saturated heterocycles. The molecule has 72 valence electrons. The van der Waals surface area contributed by atoms with Crippen LogP contribution in [0.4, 0.5) is 8.78 Å². The number of halogens is 2. The van der Waals surface area contributed by atoms with E-state index in [4.69, 9.17) is 5.11 Å². The molecule has 0 radical (unpaired) electrons. The largest absolute Gasteiger partial charge is 0.392 e. The van der Waals surface area contributed by atoms with E-state index < -0.39 is 12.0 Å². The molecule has 1 aliphatic carbocycles. The highest BCUT2D eigenvalue weighted by atomic mass is 19.3. The molecule has 0 aromatic carbocycles.